The molecule has 3 heteroatoms. The first-order valence-corrected chi connectivity index (χ1v) is 7.28. The van der Waals surface area contributed by atoms with Gasteiger partial charge in [0.15, 0.2) is 0 Å². The van der Waals surface area contributed by atoms with Gasteiger partial charge in [0.05, 0.1) is 13.5 Å². The number of methoxy groups -OCH3 is 1. The van der Waals surface area contributed by atoms with Gasteiger partial charge in [-0.3, -0.25) is 4.79 Å². The number of hydrogen-bond acceptors (Lipinski definition) is 2. The van der Waals surface area contributed by atoms with Gasteiger partial charge in [-0.1, -0.05) is 54.0 Å². The van der Waals surface area contributed by atoms with E-state index in [1.54, 1.807) is 0 Å². The van der Waals surface area contributed by atoms with Crippen molar-refractivity contribution < 1.29 is 9.53 Å². The SMILES string of the molecule is CCC(C)c1ccc(CC(Br)CC(=O)OC)cc1. The molecule has 0 N–H and O–H groups in total. The first kappa shape index (κ1) is 15.2. The molecule has 100 valence electrons. The van der Waals surface area contributed by atoms with Crippen molar-refractivity contribution in [2.45, 2.75) is 43.9 Å². The molecule has 0 aliphatic heterocycles. The molecular weight excluding hydrogens is 292 g/mol. The normalized spacial score (nSPS) is 14.0. The lowest BCUT2D eigenvalue weighted by molar-refractivity contribution is -0.140. The molecule has 18 heavy (non-hydrogen) atoms. The Morgan fingerprint density at radius 2 is 1.94 bits per heavy atom. The summed E-state index contributed by atoms with van der Waals surface area (Å²) in [5, 5.41) is 0. The van der Waals surface area contributed by atoms with E-state index in [2.05, 4.69) is 58.8 Å². The van der Waals surface area contributed by atoms with Crippen LogP contribution in [0.15, 0.2) is 24.3 Å². The third kappa shape index (κ3) is 4.81. The van der Waals surface area contributed by atoms with Gasteiger partial charge in [-0.2, -0.15) is 0 Å². The van der Waals surface area contributed by atoms with Crippen LogP contribution in [-0.4, -0.2) is 17.9 Å². The third-order valence-electron chi connectivity index (χ3n) is 3.23. The maximum Gasteiger partial charge on any atom is 0.306 e. The van der Waals surface area contributed by atoms with Gasteiger partial charge >= 0.3 is 5.97 Å². The molecule has 0 heterocycles. The summed E-state index contributed by atoms with van der Waals surface area (Å²) in [6.07, 6.45) is 2.41. The molecule has 0 saturated carbocycles. The number of ether oxygens (including phenoxy) is 1. The number of carbonyl (C=O) groups excluding carboxylic acids is 1. The maximum absolute atomic E-state index is 11.1. The van der Waals surface area contributed by atoms with E-state index in [1.807, 2.05) is 0 Å². The van der Waals surface area contributed by atoms with E-state index in [-0.39, 0.29) is 10.8 Å². The van der Waals surface area contributed by atoms with Gasteiger partial charge in [-0.25, -0.2) is 0 Å². The molecular formula is C15H21BrO2. The zero-order valence-electron chi connectivity index (χ0n) is 11.3. The van der Waals surface area contributed by atoms with Gasteiger partial charge in [0, 0.05) is 4.83 Å². The summed E-state index contributed by atoms with van der Waals surface area (Å²) in [6.45, 7) is 4.43. The van der Waals surface area contributed by atoms with E-state index in [0.29, 0.717) is 12.3 Å². The quantitative estimate of drug-likeness (QED) is 0.584. The molecule has 0 fully saturated rings. The average Bonchev–Trinajstić information content (AvgIpc) is 2.38. The van der Waals surface area contributed by atoms with Crippen LogP contribution in [0.25, 0.3) is 0 Å². The summed E-state index contributed by atoms with van der Waals surface area (Å²) in [5.41, 5.74) is 2.62. The van der Waals surface area contributed by atoms with E-state index in [1.165, 1.54) is 18.2 Å². The van der Waals surface area contributed by atoms with Crippen molar-refractivity contribution in [3.05, 3.63) is 35.4 Å². The van der Waals surface area contributed by atoms with Crippen LogP contribution in [0.5, 0.6) is 0 Å². The van der Waals surface area contributed by atoms with Crippen LogP contribution >= 0.6 is 15.9 Å². The van der Waals surface area contributed by atoms with E-state index >= 15 is 0 Å². The molecule has 0 amide bonds. The smallest absolute Gasteiger partial charge is 0.306 e. The fourth-order valence-electron chi connectivity index (χ4n) is 1.81. The molecule has 1 aromatic carbocycles. The van der Waals surface area contributed by atoms with Crippen molar-refractivity contribution in [2.24, 2.45) is 0 Å². The molecule has 1 aromatic rings. The van der Waals surface area contributed by atoms with Crippen LogP contribution < -0.4 is 0 Å². The van der Waals surface area contributed by atoms with Crippen molar-refractivity contribution >= 4 is 21.9 Å². The summed E-state index contributed by atoms with van der Waals surface area (Å²) in [4.78, 5) is 11.3. The Hall–Kier alpha value is -0.830. The van der Waals surface area contributed by atoms with Crippen LogP contribution in [-0.2, 0) is 16.0 Å². The van der Waals surface area contributed by atoms with E-state index in [9.17, 15) is 4.79 Å². The maximum atomic E-state index is 11.1. The summed E-state index contributed by atoms with van der Waals surface area (Å²) in [5.74, 6) is 0.432. The van der Waals surface area contributed by atoms with Gasteiger partial charge < -0.3 is 4.74 Å². The zero-order valence-corrected chi connectivity index (χ0v) is 12.9. The van der Waals surface area contributed by atoms with Crippen molar-refractivity contribution in [3.63, 3.8) is 0 Å². The molecule has 1 rings (SSSR count). The predicted molar refractivity (Wildman–Crippen MR) is 78.2 cm³/mol. The van der Waals surface area contributed by atoms with Crippen LogP contribution in [0, 0.1) is 0 Å². The Labute approximate surface area is 118 Å². The largest absolute Gasteiger partial charge is 0.469 e. The fraction of sp³-hybridized carbons (Fsp3) is 0.533. The average molecular weight is 313 g/mol. The second kappa shape index (κ2) is 7.57. The van der Waals surface area contributed by atoms with Crippen molar-refractivity contribution in [3.8, 4) is 0 Å². The highest BCUT2D eigenvalue weighted by molar-refractivity contribution is 9.09. The van der Waals surface area contributed by atoms with Gasteiger partial charge in [0.25, 0.3) is 0 Å². The van der Waals surface area contributed by atoms with Gasteiger partial charge in [-0.05, 0) is 29.9 Å². The van der Waals surface area contributed by atoms with Crippen molar-refractivity contribution in [2.75, 3.05) is 7.11 Å². The van der Waals surface area contributed by atoms with Crippen molar-refractivity contribution in [1.82, 2.24) is 0 Å². The van der Waals surface area contributed by atoms with Gasteiger partial charge in [0.2, 0.25) is 0 Å². The van der Waals surface area contributed by atoms with E-state index in [4.69, 9.17) is 0 Å². The Morgan fingerprint density at radius 3 is 2.44 bits per heavy atom. The topological polar surface area (TPSA) is 26.3 Å². The first-order chi connectivity index (χ1) is 8.56. The summed E-state index contributed by atoms with van der Waals surface area (Å²) >= 11 is 3.52. The fourth-order valence-corrected chi connectivity index (χ4v) is 2.45. The van der Waals surface area contributed by atoms with E-state index in [0.717, 1.165) is 12.8 Å². The molecule has 2 nitrogen and oxygen atoms in total. The molecule has 2 unspecified atom stereocenters. The molecule has 0 aliphatic rings. The lowest BCUT2D eigenvalue weighted by atomic mass is 9.96. The lowest BCUT2D eigenvalue weighted by Gasteiger charge is -2.11. The predicted octanol–water partition coefficient (Wildman–Crippen LogP) is 4.07. The lowest BCUT2D eigenvalue weighted by Crippen LogP contribution is -2.11. The molecule has 0 bridgehead atoms. The monoisotopic (exact) mass is 312 g/mol. The molecule has 2 atom stereocenters. The number of esters is 1. The molecule has 0 radical (unpaired) electrons. The Bertz CT molecular complexity index is 373. The minimum atomic E-state index is -0.173. The Kier molecular flexibility index (Phi) is 6.41. The highest BCUT2D eigenvalue weighted by Gasteiger charge is 2.11. The minimum absolute atomic E-state index is 0.138. The van der Waals surface area contributed by atoms with Crippen LogP contribution in [0.2, 0.25) is 0 Å². The number of alkyl halides is 1. The zero-order chi connectivity index (χ0) is 13.5. The number of rotatable bonds is 6. The van der Waals surface area contributed by atoms with Gasteiger partial charge in [0.1, 0.15) is 0 Å². The standard InChI is InChI=1S/C15H21BrO2/c1-4-11(2)13-7-5-12(6-8-13)9-14(16)10-15(17)18-3/h5-8,11,14H,4,9-10H2,1-3H3. The highest BCUT2D eigenvalue weighted by atomic mass is 79.9. The Balaban J connectivity index is 2.55. The first-order valence-electron chi connectivity index (χ1n) is 6.36. The highest BCUT2D eigenvalue weighted by Crippen LogP contribution is 2.20. The summed E-state index contributed by atoms with van der Waals surface area (Å²) < 4.78 is 4.65. The van der Waals surface area contributed by atoms with E-state index < -0.39 is 0 Å². The van der Waals surface area contributed by atoms with Crippen LogP contribution in [0.1, 0.15) is 43.7 Å². The van der Waals surface area contributed by atoms with Crippen LogP contribution in [0.3, 0.4) is 0 Å². The van der Waals surface area contributed by atoms with Gasteiger partial charge in [-0.15, -0.1) is 0 Å². The number of halogens is 1. The second-order valence-electron chi connectivity index (χ2n) is 4.63. The molecule has 0 aromatic heterocycles. The summed E-state index contributed by atoms with van der Waals surface area (Å²) in [7, 11) is 1.42. The van der Waals surface area contributed by atoms with Crippen LogP contribution in [0.4, 0.5) is 0 Å². The number of benzene rings is 1. The third-order valence-corrected chi connectivity index (χ3v) is 3.88. The summed E-state index contributed by atoms with van der Waals surface area (Å²) in [6, 6.07) is 8.66. The molecule has 0 spiro atoms. The number of carbonyl (C=O) groups is 1. The molecule has 0 aliphatic carbocycles. The second-order valence-corrected chi connectivity index (χ2v) is 5.93. The number of hydrogen-bond donors (Lipinski definition) is 0. The Morgan fingerprint density at radius 1 is 1.33 bits per heavy atom. The molecule has 0 saturated heterocycles. The van der Waals surface area contributed by atoms with Crippen molar-refractivity contribution in [1.29, 1.82) is 0 Å². The minimum Gasteiger partial charge on any atom is -0.469 e.